The molecular weight excluding hydrogens is 354 g/mol. The number of likely N-dealkylation sites (tertiary alicyclic amines) is 1. The van der Waals surface area contributed by atoms with Crippen LogP contribution in [0, 0.1) is 0 Å². The van der Waals surface area contributed by atoms with Gasteiger partial charge in [0.05, 0.1) is 19.4 Å². The summed E-state index contributed by atoms with van der Waals surface area (Å²) in [4.78, 5) is 11.1. The summed E-state index contributed by atoms with van der Waals surface area (Å²) >= 11 is 0. The number of ether oxygens (including phenoxy) is 1. The molecule has 0 radical (unpaired) electrons. The highest BCUT2D eigenvalue weighted by Crippen LogP contribution is 2.29. The smallest absolute Gasteiger partial charge is 0.142 e. The Bertz CT molecular complexity index is 829. The van der Waals surface area contributed by atoms with Crippen LogP contribution in [0.2, 0.25) is 0 Å². The standard InChI is InChI=1S/C21H27N5O2/c1-28-21-6-3-9-24-20(21)14-23-13-18(25-22)15-26-10-7-16(8-11-26)17-4-2-5-19(27)12-17/h2-6,9,12-13,16,27H,7-8,10-11,14-15,22H2,1H3. The van der Waals surface area contributed by atoms with Gasteiger partial charge in [-0.05, 0) is 61.7 Å². The van der Waals surface area contributed by atoms with E-state index in [0.717, 1.165) is 43.1 Å². The van der Waals surface area contributed by atoms with Crippen LogP contribution in [0.15, 0.2) is 52.7 Å². The fourth-order valence-electron chi connectivity index (χ4n) is 3.51. The predicted molar refractivity (Wildman–Crippen MR) is 111 cm³/mol. The van der Waals surface area contributed by atoms with Crippen molar-refractivity contribution in [1.82, 2.24) is 9.88 Å². The summed E-state index contributed by atoms with van der Waals surface area (Å²) in [6.07, 6.45) is 5.53. The highest BCUT2D eigenvalue weighted by Gasteiger charge is 2.21. The molecule has 1 aromatic carbocycles. The average molecular weight is 381 g/mol. The van der Waals surface area contributed by atoms with Crippen LogP contribution < -0.4 is 10.6 Å². The molecule has 1 fully saturated rings. The van der Waals surface area contributed by atoms with Crippen molar-refractivity contribution in [1.29, 1.82) is 0 Å². The lowest BCUT2D eigenvalue weighted by atomic mass is 9.89. The van der Waals surface area contributed by atoms with Crippen molar-refractivity contribution in [3.05, 3.63) is 53.9 Å². The third-order valence-electron chi connectivity index (χ3n) is 5.03. The molecule has 1 saturated heterocycles. The first-order valence-corrected chi connectivity index (χ1v) is 9.45. The molecule has 0 unspecified atom stereocenters. The molecule has 1 aliphatic heterocycles. The molecule has 7 nitrogen and oxygen atoms in total. The number of pyridine rings is 1. The van der Waals surface area contributed by atoms with Crippen LogP contribution in [0.4, 0.5) is 0 Å². The lowest BCUT2D eigenvalue weighted by Crippen LogP contribution is -2.37. The number of hydrogen-bond donors (Lipinski definition) is 2. The molecule has 0 amide bonds. The number of aromatic hydroxyl groups is 1. The van der Waals surface area contributed by atoms with Gasteiger partial charge in [0.15, 0.2) is 0 Å². The molecule has 3 rings (SSSR count). The van der Waals surface area contributed by atoms with Crippen LogP contribution >= 0.6 is 0 Å². The average Bonchev–Trinajstić information content (AvgIpc) is 2.74. The van der Waals surface area contributed by atoms with Gasteiger partial charge in [0, 0.05) is 19.0 Å². The second kappa shape index (κ2) is 9.85. The molecule has 28 heavy (non-hydrogen) atoms. The Labute approximate surface area is 165 Å². The fraction of sp³-hybridized carbons (Fsp3) is 0.381. The minimum absolute atomic E-state index is 0.332. The van der Waals surface area contributed by atoms with Crippen molar-refractivity contribution in [3.63, 3.8) is 0 Å². The van der Waals surface area contributed by atoms with Gasteiger partial charge in [-0.1, -0.05) is 12.1 Å². The van der Waals surface area contributed by atoms with Crippen LogP contribution in [0.5, 0.6) is 11.5 Å². The minimum atomic E-state index is 0.332. The lowest BCUT2D eigenvalue weighted by molar-refractivity contribution is 0.239. The second-order valence-corrected chi connectivity index (χ2v) is 6.89. The topological polar surface area (TPSA) is 96.3 Å². The highest BCUT2D eigenvalue weighted by atomic mass is 16.5. The van der Waals surface area contributed by atoms with E-state index >= 15 is 0 Å². The number of aromatic nitrogens is 1. The largest absolute Gasteiger partial charge is 0.508 e. The minimum Gasteiger partial charge on any atom is -0.508 e. The van der Waals surface area contributed by atoms with Crippen molar-refractivity contribution in [2.45, 2.75) is 25.3 Å². The van der Waals surface area contributed by atoms with Crippen molar-refractivity contribution < 1.29 is 9.84 Å². The summed E-state index contributed by atoms with van der Waals surface area (Å²) in [5.74, 6) is 7.09. The van der Waals surface area contributed by atoms with Crippen LogP contribution in [0.25, 0.3) is 0 Å². The number of methoxy groups -OCH3 is 1. The van der Waals surface area contributed by atoms with Crippen LogP contribution in [-0.4, -0.2) is 53.7 Å². The molecular formula is C21H27N5O2. The molecule has 7 heteroatoms. The first-order valence-electron chi connectivity index (χ1n) is 9.45. The number of hydrogen-bond acceptors (Lipinski definition) is 7. The number of nitrogens with zero attached hydrogens (tertiary/aromatic N) is 4. The molecule has 2 aromatic rings. The molecule has 148 valence electrons. The predicted octanol–water partition coefficient (Wildman–Crippen LogP) is 2.56. The third kappa shape index (κ3) is 5.29. The molecule has 1 aromatic heterocycles. The zero-order valence-corrected chi connectivity index (χ0v) is 16.2. The normalized spacial score (nSPS) is 16.5. The second-order valence-electron chi connectivity index (χ2n) is 6.89. The van der Waals surface area contributed by atoms with E-state index in [1.165, 1.54) is 5.56 Å². The first-order chi connectivity index (χ1) is 13.7. The van der Waals surface area contributed by atoms with Crippen molar-refractivity contribution in [2.24, 2.45) is 15.9 Å². The Morgan fingerprint density at radius 1 is 1.32 bits per heavy atom. The first kappa shape index (κ1) is 19.8. The Morgan fingerprint density at radius 2 is 2.14 bits per heavy atom. The Kier molecular flexibility index (Phi) is 6.97. The molecule has 0 atom stereocenters. The van der Waals surface area contributed by atoms with E-state index in [1.54, 1.807) is 25.6 Å². The Morgan fingerprint density at radius 3 is 2.86 bits per heavy atom. The molecule has 0 spiro atoms. The number of hydrazone groups is 1. The van der Waals surface area contributed by atoms with Gasteiger partial charge in [-0.2, -0.15) is 5.10 Å². The number of phenols is 1. The van der Waals surface area contributed by atoms with Gasteiger partial charge in [0.1, 0.15) is 17.2 Å². The molecule has 0 aliphatic carbocycles. The van der Waals surface area contributed by atoms with Crippen molar-refractivity contribution in [3.8, 4) is 11.5 Å². The van der Waals surface area contributed by atoms with Crippen molar-refractivity contribution >= 4 is 11.9 Å². The van der Waals surface area contributed by atoms with Gasteiger partial charge >= 0.3 is 0 Å². The number of piperidine rings is 1. The highest BCUT2D eigenvalue weighted by molar-refractivity contribution is 6.31. The summed E-state index contributed by atoms with van der Waals surface area (Å²) in [6, 6.07) is 11.3. The maximum Gasteiger partial charge on any atom is 0.142 e. The number of nitrogens with two attached hydrogens (primary N) is 1. The van der Waals surface area contributed by atoms with E-state index in [9.17, 15) is 5.11 Å². The fourth-order valence-corrected chi connectivity index (χ4v) is 3.51. The lowest BCUT2D eigenvalue weighted by Gasteiger charge is -2.32. The maximum atomic E-state index is 9.68. The van der Waals surface area contributed by atoms with E-state index in [4.69, 9.17) is 10.6 Å². The Hall–Kier alpha value is -2.93. The third-order valence-corrected chi connectivity index (χ3v) is 5.03. The summed E-state index contributed by atoms with van der Waals surface area (Å²) < 4.78 is 5.29. The van der Waals surface area contributed by atoms with E-state index in [-0.39, 0.29) is 0 Å². The molecule has 3 N–H and O–H groups in total. The van der Waals surface area contributed by atoms with E-state index in [0.29, 0.717) is 24.8 Å². The van der Waals surface area contributed by atoms with Gasteiger partial charge in [-0.15, -0.1) is 0 Å². The van der Waals surface area contributed by atoms with E-state index < -0.39 is 0 Å². The number of benzene rings is 1. The van der Waals surface area contributed by atoms with E-state index in [1.807, 2.05) is 24.3 Å². The molecule has 1 aliphatic rings. The van der Waals surface area contributed by atoms with Gasteiger partial charge in [-0.3, -0.25) is 14.9 Å². The quantitative estimate of drug-likeness (QED) is 0.436. The SMILES string of the molecule is COc1cccnc1CN=CC(CN1CCC(c2cccc(O)c2)CC1)=NN. The van der Waals surface area contributed by atoms with Gasteiger partial charge in [-0.25, -0.2) is 0 Å². The van der Waals surface area contributed by atoms with Crippen LogP contribution in [0.3, 0.4) is 0 Å². The number of rotatable bonds is 7. The zero-order chi connectivity index (χ0) is 19.8. The maximum absolute atomic E-state index is 9.68. The summed E-state index contributed by atoms with van der Waals surface area (Å²) in [5, 5.41) is 13.6. The summed E-state index contributed by atoms with van der Waals surface area (Å²) in [7, 11) is 1.62. The monoisotopic (exact) mass is 381 g/mol. The zero-order valence-electron chi connectivity index (χ0n) is 16.2. The van der Waals surface area contributed by atoms with Crippen LogP contribution in [-0.2, 0) is 6.54 Å². The van der Waals surface area contributed by atoms with E-state index in [2.05, 4.69) is 26.0 Å². The van der Waals surface area contributed by atoms with Gasteiger partial charge in [0.2, 0.25) is 0 Å². The van der Waals surface area contributed by atoms with Gasteiger partial charge < -0.3 is 15.7 Å². The summed E-state index contributed by atoms with van der Waals surface area (Å²) in [5.41, 5.74) is 2.73. The molecule has 2 heterocycles. The van der Waals surface area contributed by atoms with Crippen molar-refractivity contribution in [2.75, 3.05) is 26.7 Å². The number of phenolic OH excluding ortho intramolecular Hbond substituents is 1. The summed E-state index contributed by atoms with van der Waals surface area (Å²) in [6.45, 7) is 3.01. The number of aliphatic imine (C=N–C) groups is 1. The van der Waals surface area contributed by atoms with Gasteiger partial charge in [0.25, 0.3) is 0 Å². The molecule has 0 bridgehead atoms. The Balaban J connectivity index is 1.50. The molecule has 0 saturated carbocycles. The van der Waals surface area contributed by atoms with Crippen LogP contribution in [0.1, 0.15) is 30.0 Å².